The van der Waals surface area contributed by atoms with Gasteiger partial charge in [0.1, 0.15) is 10.4 Å². The Kier molecular flexibility index (Phi) is 9.49. The maximum absolute atomic E-state index is 14.7. The number of benzene rings is 2. The molecule has 8 nitrogen and oxygen atoms in total. The number of carbonyl (C=O) groups is 3. The van der Waals surface area contributed by atoms with Crippen molar-refractivity contribution >= 4 is 57.9 Å². The standard InChI is InChI=1S/C34H41Cl2N5O3S/c1-20(2)28-29(32(44)41(7)18-8-9-27(41)31(43)37-21(3)19-39(6)22(4)42)45-33-38-34(5,24-12-16-26(36)17-13-24)30(40(28)33)23-10-14-25(35)15-11-23/h10-17,20-21,27,30H,8-9,18-19H2,1-7H3/p+1/t21-,27-,30+,34-,41?/m0/s1. The van der Waals surface area contributed by atoms with E-state index >= 15 is 0 Å². The number of hydrogen-bond donors (Lipinski definition) is 1. The number of thioether (sulfide) groups is 1. The molecule has 2 aromatic carbocycles. The summed E-state index contributed by atoms with van der Waals surface area (Å²) in [5.74, 6) is -0.272. The molecule has 11 heteroatoms. The lowest BCUT2D eigenvalue weighted by molar-refractivity contribution is -0.835. The summed E-state index contributed by atoms with van der Waals surface area (Å²) in [5, 5.41) is 5.14. The van der Waals surface area contributed by atoms with Crippen molar-refractivity contribution in [3.63, 3.8) is 0 Å². The summed E-state index contributed by atoms with van der Waals surface area (Å²) in [7, 11) is 3.60. The molecular formula is C34H42Cl2N5O3S+. The topological polar surface area (TPSA) is 82.1 Å². The van der Waals surface area contributed by atoms with E-state index in [1.165, 1.54) is 18.7 Å². The fourth-order valence-corrected chi connectivity index (χ4v) is 8.61. The van der Waals surface area contributed by atoms with Crippen LogP contribution in [0, 0.1) is 5.92 Å². The number of hydrogen-bond acceptors (Lipinski definition) is 6. The van der Waals surface area contributed by atoms with E-state index in [0.29, 0.717) is 34.5 Å². The van der Waals surface area contributed by atoms with Crippen molar-refractivity contribution < 1.29 is 18.9 Å². The highest BCUT2D eigenvalue weighted by Gasteiger charge is 2.57. The monoisotopic (exact) mass is 670 g/mol. The first kappa shape index (κ1) is 33.5. The lowest BCUT2D eigenvalue weighted by Crippen LogP contribution is -2.60. The number of likely N-dealkylation sites (tertiary alicyclic amines) is 1. The van der Waals surface area contributed by atoms with Crippen LogP contribution >= 0.6 is 35.0 Å². The van der Waals surface area contributed by atoms with E-state index in [-0.39, 0.29) is 40.2 Å². The highest BCUT2D eigenvalue weighted by Crippen LogP contribution is 2.56. The molecule has 1 unspecified atom stereocenters. The lowest BCUT2D eigenvalue weighted by atomic mass is 9.81. The average molecular weight is 672 g/mol. The first-order valence-corrected chi connectivity index (χ1v) is 17.0. The fourth-order valence-electron chi connectivity index (χ4n) is 6.91. The predicted molar refractivity (Wildman–Crippen MR) is 182 cm³/mol. The van der Waals surface area contributed by atoms with Crippen molar-refractivity contribution in [2.24, 2.45) is 10.9 Å². The maximum Gasteiger partial charge on any atom is 0.354 e. The van der Waals surface area contributed by atoms with Crippen LogP contribution < -0.4 is 5.32 Å². The molecule has 3 aliphatic heterocycles. The number of allylic oxidation sites excluding steroid dienone is 1. The van der Waals surface area contributed by atoms with Crippen LogP contribution in [0.1, 0.15) is 64.6 Å². The Morgan fingerprint density at radius 2 is 1.69 bits per heavy atom. The molecular weight excluding hydrogens is 629 g/mol. The maximum atomic E-state index is 14.7. The van der Waals surface area contributed by atoms with Gasteiger partial charge in [0.2, 0.25) is 5.91 Å². The van der Waals surface area contributed by atoms with Crippen LogP contribution in [0.5, 0.6) is 0 Å². The minimum atomic E-state index is -0.660. The van der Waals surface area contributed by atoms with Gasteiger partial charge in [-0.05, 0) is 66.9 Å². The van der Waals surface area contributed by atoms with E-state index in [1.807, 2.05) is 62.5 Å². The fraction of sp³-hybridized carbons (Fsp3) is 0.471. The highest BCUT2D eigenvalue weighted by atomic mass is 35.5. The zero-order chi connectivity index (χ0) is 32.8. The van der Waals surface area contributed by atoms with E-state index in [4.69, 9.17) is 28.2 Å². The SMILES string of the molecule is CC(=O)N(C)C[C@H](C)NC(=O)[C@@H]1CCC[N+]1(C)C(=O)C1=C(C(C)C)N2C(=N[C@@](C)(c3ccc(Cl)cc3)[C@H]2c2ccc(Cl)cc2)S1. The van der Waals surface area contributed by atoms with Crippen LogP contribution in [0.2, 0.25) is 10.0 Å². The first-order valence-electron chi connectivity index (χ1n) is 15.4. The number of fused-ring (bicyclic) bond motifs is 1. The van der Waals surface area contributed by atoms with Crippen LogP contribution in [0.4, 0.5) is 0 Å². The van der Waals surface area contributed by atoms with Gasteiger partial charge in [0.25, 0.3) is 5.91 Å². The molecule has 3 aliphatic rings. The Labute approximate surface area is 280 Å². The van der Waals surface area contributed by atoms with Gasteiger partial charge in [-0.2, -0.15) is 0 Å². The van der Waals surface area contributed by atoms with Crippen molar-refractivity contribution in [3.8, 4) is 0 Å². The summed E-state index contributed by atoms with van der Waals surface area (Å²) in [6.07, 6.45) is 1.38. The smallest absolute Gasteiger partial charge is 0.347 e. The van der Waals surface area contributed by atoms with Gasteiger partial charge in [-0.25, -0.2) is 14.3 Å². The van der Waals surface area contributed by atoms with Crippen LogP contribution in [-0.2, 0) is 19.9 Å². The zero-order valence-corrected chi connectivity index (χ0v) is 29.3. The zero-order valence-electron chi connectivity index (χ0n) is 26.9. The molecule has 240 valence electrons. The molecule has 0 aliphatic carbocycles. The third-order valence-corrected chi connectivity index (χ3v) is 11.0. The number of amides is 3. The van der Waals surface area contributed by atoms with E-state index in [2.05, 4.69) is 31.0 Å². The normalized spacial score (nSPS) is 26.6. The van der Waals surface area contributed by atoms with Crippen LogP contribution in [0.15, 0.2) is 64.1 Å². The summed E-state index contributed by atoms with van der Waals surface area (Å²) in [6.45, 7) is 10.7. The van der Waals surface area contributed by atoms with Crippen molar-refractivity contribution in [1.82, 2.24) is 15.1 Å². The Morgan fingerprint density at radius 3 is 2.27 bits per heavy atom. The van der Waals surface area contributed by atoms with Crippen LogP contribution in [0.3, 0.4) is 0 Å². The van der Waals surface area contributed by atoms with E-state index < -0.39 is 11.6 Å². The quantitative estimate of drug-likeness (QED) is 0.331. The molecule has 1 N–H and O–H groups in total. The molecule has 2 aromatic rings. The first-order chi connectivity index (χ1) is 21.2. The van der Waals surface area contributed by atoms with E-state index in [9.17, 15) is 14.4 Å². The van der Waals surface area contributed by atoms with Crippen LogP contribution in [0.25, 0.3) is 0 Å². The van der Waals surface area contributed by atoms with Crippen molar-refractivity contribution in [1.29, 1.82) is 0 Å². The third-order valence-electron chi connectivity index (χ3n) is 9.39. The van der Waals surface area contributed by atoms with Gasteiger partial charge in [-0.3, -0.25) is 9.59 Å². The number of quaternary nitrogens is 1. The lowest BCUT2D eigenvalue weighted by Gasteiger charge is -2.37. The van der Waals surface area contributed by atoms with Gasteiger partial charge in [-0.15, -0.1) is 0 Å². The molecule has 3 amide bonds. The van der Waals surface area contributed by atoms with Gasteiger partial charge in [0.15, 0.2) is 11.2 Å². The number of aliphatic imine (C=N–C) groups is 1. The molecule has 0 spiro atoms. The molecule has 5 atom stereocenters. The Hall–Kier alpha value is -2.85. The molecule has 0 aromatic heterocycles. The molecule has 3 heterocycles. The summed E-state index contributed by atoms with van der Waals surface area (Å²) in [6, 6.07) is 14.6. The Bertz CT molecular complexity index is 1560. The number of halogens is 2. The number of rotatable bonds is 8. The minimum Gasteiger partial charge on any atom is -0.347 e. The summed E-state index contributed by atoms with van der Waals surface area (Å²) < 4.78 is 0.000831. The predicted octanol–water partition coefficient (Wildman–Crippen LogP) is 6.35. The number of nitrogens with one attached hydrogen (secondary N) is 1. The summed E-state index contributed by atoms with van der Waals surface area (Å²) >= 11 is 14.0. The number of likely N-dealkylation sites (N-methyl/N-ethyl adjacent to an activating group) is 2. The average Bonchev–Trinajstić information content (AvgIpc) is 3.63. The molecule has 1 saturated heterocycles. The second-order valence-corrected chi connectivity index (χ2v) is 15.0. The second-order valence-electron chi connectivity index (χ2n) is 13.1. The van der Waals surface area contributed by atoms with Crippen molar-refractivity contribution in [3.05, 3.63) is 80.3 Å². The molecule has 0 bridgehead atoms. The molecule has 1 fully saturated rings. The number of amidine groups is 1. The molecule has 45 heavy (non-hydrogen) atoms. The Balaban J connectivity index is 1.51. The van der Waals surface area contributed by atoms with Crippen molar-refractivity contribution in [2.75, 3.05) is 27.2 Å². The van der Waals surface area contributed by atoms with Gasteiger partial charge in [0, 0.05) is 55.1 Å². The van der Waals surface area contributed by atoms with Crippen molar-refractivity contribution in [2.45, 2.75) is 71.1 Å². The number of carbonyl (C=O) groups excluding carboxylic acids is 3. The van der Waals surface area contributed by atoms with Gasteiger partial charge < -0.3 is 15.1 Å². The highest BCUT2D eigenvalue weighted by molar-refractivity contribution is 8.18. The van der Waals surface area contributed by atoms with Gasteiger partial charge in [0.05, 0.1) is 19.6 Å². The van der Waals surface area contributed by atoms with Gasteiger partial charge >= 0.3 is 5.91 Å². The van der Waals surface area contributed by atoms with E-state index in [1.54, 1.807) is 11.9 Å². The van der Waals surface area contributed by atoms with Crippen LogP contribution in [-0.4, -0.2) is 76.4 Å². The van der Waals surface area contributed by atoms with Gasteiger partial charge in [-0.1, -0.05) is 61.3 Å². The summed E-state index contributed by atoms with van der Waals surface area (Å²) in [5.41, 5.74) is 2.31. The largest absolute Gasteiger partial charge is 0.354 e. The molecule has 5 rings (SSSR count). The molecule has 0 saturated carbocycles. The summed E-state index contributed by atoms with van der Waals surface area (Å²) in [4.78, 5) is 49.8. The minimum absolute atomic E-state index is 0.000831. The second kappa shape index (κ2) is 12.7. The Morgan fingerprint density at radius 1 is 1.09 bits per heavy atom. The van der Waals surface area contributed by atoms with E-state index in [0.717, 1.165) is 28.4 Å². The number of nitrogens with zero attached hydrogens (tertiary/aromatic N) is 4. The molecule has 0 radical (unpaired) electrons. The third kappa shape index (κ3) is 6.16.